The molecule has 0 saturated heterocycles. The number of para-hydroxylation sites is 1. The van der Waals surface area contributed by atoms with E-state index in [1.54, 1.807) is 26.2 Å². The average molecular weight is 331 g/mol. The smallest absolute Gasteiger partial charge is 0.227 e. The van der Waals surface area contributed by atoms with Crippen molar-refractivity contribution in [1.82, 2.24) is 14.7 Å². The van der Waals surface area contributed by atoms with Crippen molar-refractivity contribution in [2.45, 2.75) is 26.8 Å². The number of aromatic nitrogens is 2. The number of methoxy groups -OCH3 is 2. The normalized spacial score (nSPS) is 10.6. The van der Waals surface area contributed by atoms with Crippen LogP contribution >= 0.6 is 0 Å². The third kappa shape index (κ3) is 3.53. The summed E-state index contributed by atoms with van der Waals surface area (Å²) in [6.45, 7) is 4.37. The van der Waals surface area contributed by atoms with E-state index in [4.69, 9.17) is 9.47 Å². The van der Waals surface area contributed by atoms with Gasteiger partial charge < -0.3 is 14.4 Å². The molecule has 0 atom stereocenters. The van der Waals surface area contributed by atoms with Gasteiger partial charge in [-0.1, -0.05) is 12.1 Å². The van der Waals surface area contributed by atoms with E-state index < -0.39 is 0 Å². The maximum atomic E-state index is 12.6. The van der Waals surface area contributed by atoms with Crippen LogP contribution < -0.4 is 9.47 Å². The molecule has 0 aliphatic heterocycles. The molecule has 0 aliphatic rings. The Bertz CT molecular complexity index is 737. The van der Waals surface area contributed by atoms with Gasteiger partial charge in [-0.05, 0) is 19.9 Å². The quantitative estimate of drug-likeness (QED) is 0.815. The van der Waals surface area contributed by atoms with E-state index in [-0.39, 0.29) is 5.91 Å². The lowest BCUT2D eigenvalue weighted by Crippen LogP contribution is -2.28. The SMILES string of the molecule is COc1cccc(CN(C)C(=O)Cc2c(C)nn(C)c2C)c1OC. The third-order valence-corrected chi connectivity index (χ3v) is 4.30. The molecule has 130 valence electrons. The first kappa shape index (κ1) is 17.8. The number of rotatable bonds is 6. The summed E-state index contributed by atoms with van der Waals surface area (Å²) in [5.41, 5.74) is 3.82. The standard InChI is InChI=1S/C18H25N3O3/c1-12-15(13(2)21(4)19-12)10-17(22)20(3)11-14-8-7-9-16(23-5)18(14)24-6/h7-9H,10-11H2,1-6H3. The summed E-state index contributed by atoms with van der Waals surface area (Å²) in [7, 11) is 6.89. The summed E-state index contributed by atoms with van der Waals surface area (Å²) < 4.78 is 12.5. The molecule has 1 amide bonds. The number of benzene rings is 1. The van der Waals surface area contributed by atoms with Crippen molar-refractivity contribution in [1.29, 1.82) is 0 Å². The number of hydrogen-bond donors (Lipinski definition) is 0. The Balaban J connectivity index is 2.15. The highest BCUT2D eigenvalue weighted by Crippen LogP contribution is 2.31. The predicted molar refractivity (Wildman–Crippen MR) is 92.4 cm³/mol. The Morgan fingerprint density at radius 1 is 1.25 bits per heavy atom. The van der Waals surface area contributed by atoms with E-state index >= 15 is 0 Å². The van der Waals surface area contributed by atoms with E-state index in [0.717, 1.165) is 22.5 Å². The number of nitrogens with zero attached hydrogens (tertiary/aromatic N) is 3. The number of carbonyl (C=O) groups is 1. The van der Waals surface area contributed by atoms with Crippen molar-refractivity contribution in [2.75, 3.05) is 21.3 Å². The second-order valence-electron chi connectivity index (χ2n) is 5.85. The fourth-order valence-corrected chi connectivity index (χ4v) is 2.78. The van der Waals surface area contributed by atoms with Crippen LogP contribution in [0.15, 0.2) is 18.2 Å². The molecule has 0 bridgehead atoms. The molecule has 1 heterocycles. The first-order chi connectivity index (χ1) is 11.4. The second kappa shape index (κ2) is 7.38. The Morgan fingerprint density at radius 2 is 1.96 bits per heavy atom. The van der Waals surface area contributed by atoms with Crippen molar-refractivity contribution in [3.63, 3.8) is 0 Å². The molecule has 1 aromatic heterocycles. The zero-order valence-corrected chi connectivity index (χ0v) is 15.2. The molecule has 6 heteroatoms. The van der Waals surface area contributed by atoms with Gasteiger partial charge in [-0.15, -0.1) is 0 Å². The fourth-order valence-electron chi connectivity index (χ4n) is 2.78. The zero-order chi connectivity index (χ0) is 17.9. The minimum atomic E-state index is 0.0408. The summed E-state index contributed by atoms with van der Waals surface area (Å²) in [6.07, 6.45) is 0.342. The number of aryl methyl sites for hydroxylation is 2. The maximum Gasteiger partial charge on any atom is 0.227 e. The van der Waals surface area contributed by atoms with Crippen molar-refractivity contribution < 1.29 is 14.3 Å². The topological polar surface area (TPSA) is 56.6 Å². The zero-order valence-electron chi connectivity index (χ0n) is 15.2. The summed E-state index contributed by atoms with van der Waals surface area (Å²) in [5.74, 6) is 1.36. The molecule has 0 saturated carbocycles. The molecule has 0 unspecified atom stereocenters. The molecule has 0 N–H and O–H groups in total. The highest BCUT2D eigenvalue weighted by molar-refractivity contribution is 5.79. The summed E-state index contributed by atoms with van der Waals surface area (Å²) >= 11 is 0. The minimum Gasteiger partial charge on any atom is -0.493 e. The Hall–Kier alpha value is -2.50. The first-order valence-corrected chi connectivity index (χ1v) is 7.82. The van der Waals surface area contributed by atoms with Gasteiger partial charge in [-0.25, -0.2) is 0 Å². The van der Waals surface area contributed by atoms with Gasteiger partial charge in [0.05, 0.1) is 26.3 Å². The van der Waals surface area contributed by atoms with Crippen LogP contribution in [0.4, 0.5) is 0 Å². The molecule has 6 nitrogen and oxygen atoms in total. The minimum absolute atomic E-state index is 0.0408. The number of carbonyl (C=O) groups excluding carboxylic acids is 1. The Labute approximate surface area is 143 Å². The summed E-state index contributed by atoms with van der Waals surface area (Å²) in [4.78, 5) is 14.3. The molecular formula is C18H25N3O3. The van der Waals surface area contributed by atoms with Gasteiger partial charge in [0.25, 0.3) is 0 Å². The molecule has 1 aromatic carbocycles. The fraction of sp³-hybridized carbons (Fsp3) is 0.444. The number of hydrogen-bond acceptors (Lipinski definition) is 4. The van der Waals surface area contributed by atoms with Gasteiger partial charge in [0.1, 0.15) is 0 Å². The van der Waals surface area contributed by atoms with Crippen LogP contribution in [0.3, 0.4) is 0 Å². The predicted octanol–water partition coefficient (Wildman–Crippen LogP) is 2.26. The van der Waals surface area contributed by atoms with Crippen LogP contribution in [0.25, 0.3) is 0 Å². The lowest BCUT2D eigenvalue weighted by molar-refractivity contribution is -0.129. The third-order valence-electron chi connectivity index (χ3n) is 4.30. The monoisotopic (exact) mass is 331 g/mol. The largest absolute Gasteiger partial charge is 0.493 e. The summed E-state index contributed by atoms with van der Waals surface area (Å²) in [6, 6.07) is 5.67. The van der Waals surface area contributed by atoms with Crippen LogP contribution in [-0.4, -0.2) is 41.9 Å². The van der Waals surface area contributed by atoms with Gasteiger partial charge in [-0.2, -0.15) is 5.10 Å². The van der Waals surface area contributed by atoms with E-state index in [9.17, 15) is 4.79 Å². The van der Waals surface area contributed by atoms with Crippen LogP contribution in [0.5, 0.6) is 11.5 Å². The van der Waals surface area contributed by atoms with E-state index in [1.165, 1.54) is 0 Å². The van der Waals surface area contributed by atoms with Gasteiger partial charge >= 0.3 is 0 Å². The van der Waals surface area contributed by atoms with E-state index in [2.05, 4.69) is 5.10 Å². The molecule has 2 rings (SSSR count). The molecule has 2 aromatic rings. The molecule has 0 aliphatic carbocycles. The number of likely N-dealkylation sites (N-methyl/N-ethyl adjacent to an activating group) is 1. The summed E-state index contributed by atoms with van der Waals surface area (Å²) in [5, 5.41) is 4.37. The average Bonchev–Trinajstić information content (AvgIpc) is 2.80. The van der Waals surface area contributed by atoms with Gasteiger partial charge in [0.15, 0.2) is 11.5 Å². The first-order valence-electron chi connectivity index (χ1n) is 7.82. The van der Waals surface area contributed by atoms with Crippen LogP contribution in [-0.2, 0) is 24.8 Å². The highest BCUT2D eigenvalue weighted by atomic mass is 16.5. The van der Waals surface area contributed by atoms with E-state index in [0.29, 0.717) is 24.5 Å². The molecule has 0 fully saturated rings. The van der Waals surface area contributed by atoms with Crippen LogP contribution in [0.2, 0.25) is 0 Å². The molecule has 24 heavy (non-hydrogen) atoms. The molecular weight excluding hydrogens is 306 g/mol. The van der Waals surface area contributed by atoms with Gasteiger partial charge in [0.2, 0.25) is 5.91 Å². The molecule has 0 radical (unpaired) electrons. The second-order valence-corrected chi connectivity index (χ2v) is 5.85. The number of amides is 1. The van der Waals surface area contributed by atoms with Crippen molar-refractivity contribution in [3.8, 4) is 11.5 Å². The van der Waals surface area contributed by atoms with Crippen molar-refractivity contribution in [2.24, 2.45) is 7.05 Å². The highest BCUT2D eigenvalue weighted by Gasteiger charge is 2.18. The Morgan fingerprint density at radius 3 is 2.50 bits per heavy atom. The number of ether oxygens (including phenoxy) is 2. The lowest BCUT2D eigenvalue weighted by atomic mass is 10.1. The van der Waals surface area contributed by atoms with Crippen molar-refractivity contribution in [3.05, 3.63) is 40.7 Å². The lowest BCUT2D eigenvalue weighted by Gasteiger charge is -2.20. The van der Waals surface area contributed by atoms with Crippen molar-refractivity contribution >= 4 is 5.91 Å². The van der Waals surface area contributed by atoms with Crippen LogP contribution in [0.1, 0.15) is 22.5 Å². The van der Waals surface area contributed by atoms with Crippen LogP contribution in [0, 0.1) is 13.8 Å². The Kier molecular flexibility index (Phi) is 5.49. The maximum absolute atomic E-state index is 12.6. The van der Waals surface area contributed by atoms with Gasteiger partial charge in [0, 0.05) is 37.5 Å². The molecule has 0 spiro atoms. The van der Waals surface area contributed by atoms with E-state index in [1.807, 2.05) is 43.8 Å². The van der Waals surface area contributed by atoms with Gasteiger partial charge in [-0.3, -0.25) is 9.48 Å².